The maximum absolute atomic E-state index is 3.69. The fourth-order valence-corrected chi connectivity index (χ4v) is 5.14. The summed E-state index contributed by atoms with van der Waals surface area (Å²) in [6, 6.07) is 16.4. The summed E-state index contributed by atoms with van der Waals surface area (Å²) < 4.78 is 0. The number of anilines is 2. The Morgan fingerprint density at radius 3 is 2.76 bits per heavy atom. The van der Waals surface area contributed by atoms with E-state index in [4.69, 9.17) is 0 Å². The number of piperidine rings is 1. The maximum Gasteiger partial charge on any atom is 0.0564 e. The van der Waals surface area contributed by atoms with E-state index in [-0.39, 0.29) is 12.4 Å². The first-order valence-electron chi connectivity index (χ1n) is 8.81. The van der Waals surface area contributed by atoms with Crippen LogP contribution in [-0.2, 0) is 0 Å². The molecule has 5 heteroatoms. The van der Waals surface area contributed by atoms with E-state index >= 15 is 0 Å². The van der Waals surface area contributed by atoms with Gasteiger partial charge in [0.2, 0.25) is 0 Å². The number of hydrogen-bond acceptors (Lipinski definition) is 4. The molecule has 2 aliphatic heterocycles. The first kappa shape index (κ1) is 19.0. The topological polar surface area (TPSA) is 15.3 Å². The van der Waals surface area contributed by atoms with Crippen LogP contribution in [0.15, 0.2) is 57.2 Å². The SMILES string of the molecule is CSc1ccc2c(c1)N(CCC1CCCCN1)c1ccccc1S2.Cl. The lowest BCUT2D eigenvalue weighted by Gasteiger charge is -2.34. The van der Waals surface area contributed by atoms with Crippen molar-refractivity contribution >= 4 is 47.3 Å². The monoisotopic (exact) mass is 392 g/mol. The normalized spacial score (nSPS) is 18.9. The summed E-state index contributed by atoms with van der Waals surface area (Å²) in [4.78, 5) is 6.63. The number of nitrogens with zero attached hydrogens (tertiary/aromatic N) is 1. The Labute approximate surface area is 165 Å². The third-order valence-corrected chi connectivity index (χ3v) is 6.80. The third-order valence-electron chi connectivity index (χ3n) is 4.95. The Balaban J connectivity index is 0.00000182. The summed E-state index contributed by atoms with van der Waals surface area (Å²) in [5.41, 5.74) is 2.74. The van der Waals surface area contributed by atoms with Gasteiger partial charge in [0.25, 0.3) is 0 Å². The van der Waals surface area contributed by atoms with E-state index < -0.39 is 0 Å². The number of halogens is 1. The van der Waals surface area contributed by atoms with Crippen LogP contribution >= 0.6 is 35.9 Å². The standard InChI is InChI=1S/C20H24N2S2.ClH/c1-23-16-9-10-20-18(14-16)22(13-11-15-6-4-5-12-21-15)17-7-2-3-8-19(17)24-20;/h2-3,7-10,14-15,21H,4-6,11-13H2,1H3;1H. The zero-order valence-corrected chi connectivity index (χ0v) is 17.0. The van der Waals surface area contributed by atoms with Gasteiger partial charge in [-0.15, -0.1) is 24.2 Å². The van der Waals surface area contributed by atoms with Crippen molar-refractivity contribution < 1.29 is 0 Å². The molecule has 0 amide bonds. The van der Waals surface area contributed by atoms with Crippen molar-refractivity contribution in [2.24, 2.45) is 0 Å². The van der Waals surface area contributed by atoms with Gasteiger partial charge in [-0.25, -0.2) is 0 Å². The number of fused-ring (bicyclic) bond motifs is 2. The van der Waals surface area contributed by atoms with E-state index in [1.807, 2.05) is 23.5 Å². The Hall–Kier alpha value is -0.810. The first-order chi connectivity index (χ1) is 11.8. The summed E-state index contributed by atoms with van der Waals surface area (Å²) in [5.74, 6) is 0. The second-order valence-electron chi connectivity index (χ2n) is 6.49. The summed E-state index contributed by atoms with van der Waals surface area (Å²) in [6.45, 7) is 2.27. The second-order valence-corrected chi connectivity index (χ2v) is 8.45. The summed E-state index contributed by atoms with van der Waals surface area (Å²) in [5, 5.41) is 3.69. The van der Waals surface area contributed by atoms with E-state index in [0.717, 1.165) is 6.54 Å². The zero-order chi connectivity index (χ0) is 16.4. The lowest BCUT2D eigenvalue weighted by Crippen LogP contribution is -2.37. The average molecular weight is 393 g/mol. The fourth-order valence-electron chi connectivity index (χ4n) is 3.63. The van der Waals surface area contributed by atoms with Gasteiger partial charge in [-0.3, -0.25) is 0 Å². The van der Waals surface area contributed by atoms with Gasteiger partial charge in [0.1, 0.15) is 0 Å². The quantitative estimate of drug-likeness (QED) is 0.645. The van der Waals surface area contributed by atoms with Gasteiger partial charge in [-0.1, -0.05) is 30.3 Å². The molecule has 134 valence electrons. The molecule has 4 rings (SSSR count). The second kappa shape index (κ2) is 8.72. The highest BCUT2D eigenvalue weighted by molar-refractivity contribution is 8.00. The van der Waals surface area contributed by atoms with Crippen LogP contribution in [0.3, 0.4) is 0 Å². The van der Waals surface area contributed by atoms with Gasteiger partial charge in [0.15, 0.2) is 0 Å². The molecule has 1 unspecified atom stereocenters. The number of thioether (sulfide) groups is 1. The molecule has 2 aliphatic rings. The lowest BCUT2D eigenvalue weighted by molar-refractivity contribution is 0.385. The van der Waals surface area contributed by atoms with Crippen LogP contribution in [0.1, 0.15) is 25.7 Å². The predicted molar refractivity (Wildman–Crippen MR) is 113 cm³/mol. The average Bonchev–Trinajstić information content (AvgIpc) is 2.65. The highest BCUT2D eigenvalue weighted by Gasteiger charge is 2.24. The van der Waals surface area contributed by atoms with Crippen molar-refractivity contribution in [1.82, 2.24) is 5.32 Å². The first-order valence-corrected chi connectivity index (χ1v) is 10.8. The van der Waals surface area contributed by atoms with Gasteiger partial charge >= 0.3 is 0 Å². The van der Waals surface area contributed by atoms with Crippen molar-refractivity contribution in [3.63, 3.8) is 0 Å². The van der Waals surface area contributed by atoms with Crippen molar-refractivity contribution in [1.29, 1.82) is 0 Å². The van der Waals surface area contributed by atoms with E-state index in [2.05, 4.69) is 58.9 Å². The molecule has 0 bridgehead atoms. The molecule has 0 aromatic heterocycles. The van der Waals surface area contributed by atoms with Crippen molar-refractivity contribution in [3.05, 3.63) is 42.5 Å². The van der Waals surface area contributed by atoms with Crippen molar-refractivity contribution in [3.8, 4) is 0 Å². The third kappa shape index (κ3) is 4.13. The number of para-hydroxylation sites is 1. The highest BCUT2D eigenvalue weighted by Crippen LogP contribution is 2.48. The van der Waals surface area contributed by atoms with Gasteiger partial charge in [-0.05, 0) is 62.4 Å². The number of nitrogens with one attached hydrogen (secondary N) is 1. The van der Waals surface area contributed by atoms with E-state index in [1.165, 1.54) is 58.3 Å². The van der Waals surface area contributed by atoms with E-state index in [0.29, 0.717) is 6.04 Å². The summed E-state index contributed by atoms with van der Waals surface area (Å²) >= 11 is 3.72. The molecule has 2 aromatic rings. The molecule has 0 spiro atoms. The fraction of sp³-hybridized carbons (Fsp3) is 0.400. The van der Waals surface area contributed by atoms with Crippen LogP contribution in [0.2, 0.25) is 0 Å². The minimum atomic E-state index is 0. The van der Waals surface area contributed by atoms with Crippen LogP contribution in [0.4, 0.5) is 11.4 Å². The molecule has 2 nitrogen and oxygen atoms in total. The molecule has 0 radical (unpaired) electrons. The number of hydrogen-bond donors (Lipinski definition) is 1. The number of rotatable bonds is 4. The molecule has 2 heterocycles. The van der Waals surface area contributed by atoms with Gasteiger partial charge in [-0.2, -0.15) is 0 Å². The minimum Gasteiger partial charge on any atom is -0.340 e. The summed E-state index contributed by atoms with van der Waals surface area (Å²) in [7, 11) is 0. The summed E-state index contributed by atoms with van der Waals surface area (Å²) in [6.07, 6.45) is 7.39. The van der Waals surface area contributed by atoms with Crippen LogP contribution in [0.5, 0.6) is 0 Å². The van der Waals surface area contributed by atoms with Gasteiger partial charge < -0.3 is 10.2 Å². The van der Waals surface area contributed by atoms with E-state index in [1.54, 1.807) is 0 Å². The Morgan fingerprint density at radius 1 is 1.12 bits per heavy atom. The molecule has 1 N–H and O–H groups in total. The predicted octanol–water partition coefficient (Wildman–Crippen LogP) is 5.97. The Morgan fingerprint density at radius 2 is 1.96 bits per heavy atom. The van der Waals surface area contributed by atoms with Crippen molar-refractivity contribution in [2.75, 3.05) is 24.2 Å². The molecule has 1 fully saturated rings. The molecular weight excluding hydrogens is 368 g/mol. The van der Waals surface area contributed by atoms with Gasteiger partial charge in [0.05, 0.1) is 11.4 Å². The highest BCUT2D eigenvalue weighted by atomic mass is 35.5. The minimum absolute atomic E-state index is 0. The largest absolute Gasteiger partial charge is 0.340 e. The maximum atomic E-state index is 3.69. The Kier molecular flexibility index (Phi) is 6.61. The Bertz CT molecular complexity index is 717. The zero-order valence-electron chi connectivity index (χ0n) is 14.5. The van der Waals surface area contributed by atoms with Crippen molar-refractivity contribution in [2.45, 2.75) is 46.4 Å². The molecule has 0 saturated carbocycles. The van der Waals surface area contributed by atoms with E-state index in [9.17, 15) is 0 Å². The molecular formula is C20H25ClN2S2. The molecule has 1 atom stereocenters. The van der Waals surface area contributed by atoms with Crippen LogP contribution < -0.4 is 10.2 Å². The molecule has 0 aliphatic carbocycles. The van der Waals surface area contributed by atoms with Gasteiger partial charge in [0, 0.05) is 27.3 Å². The molecule has 1 saturated heterocycles. The van der Waals surface area contributed by atoms with Crippen LogP contribution in [0, 0.1) is 0 Å². The molecule has 25 heavy (non-hydrogen) atoms. The van der Waals surface area contributed by atoms with Crippen LogP contribution in [-0.4, -0.2) is 25.4 Å². The van der Waals surface area contributed by atoms with Crippen LogP contribution in [0.25, 0.3) is 0 Å². The lowest BCUT2D eigenvalue weighted by atomic mass is 10.0. The molecule has 2 aromatic carbocycles. The number of benzene rings is 2. The smallest absolute Gasteiger partial charge is 0.0564 e.